The number of nitrogens with one attached hydrogen (secondary N) is 1. The summed E-state index contributed by atoms with van der Waals surface area (Å²) < 4.78 is 2.32. The van der Waals surface area contributed by atoms with Crippen LogP contribution in [0.3, 0.4) is 0 Å². The first-order chi connectivity index (χ1) is 11.2. The number of aromatic nitrogens is 3. The van der Waals surface area contributed by atoms with Gasteiger partial charge in [0.1, 0.15) is 5.82 Å². The Kier molecular flexibility index (Phi) is 4.35. The zero-order valence-corrected chi connectivity index (χ0v) is 14.6. The molecule has 0 saturated heterocycles. The molecule has 4 rings (SSSR count). The molecular weight excluding hydrogens is 308 g/mol. The fourth-order valence-corrected chi connectivity index (χ4v) is 4.42. The van der Waals surface area contributed by atoms with Crippen molar-refractivity contribution >= 4 is 17.7 Å². The number of thioether (sulfide) groups is 1. The van der Waals surface area contributed by atoms with Crippen molar-refractivity contribution in [2.75, 3.05) is 5.75 Å². The van der Waals surface area contributed by atoms with E-state index < -0.39 is 0 Å². The Morgan fingerprint density at radius 1 is 1.17 bits per heavy atom. The molecule has 0 aromatic carbocycles. The van der Waals surface area contributed by atoms with Crippen LogP contribution in [-0.4, -0.2) is 32.5 Å². The van der Waals surface area contributed by atoms with Gasteiger partial charge in [-0.25, -0.2) is 0 Å². The van der Waals surface area contributed by atoms with Crippen LogP contribution in [0.4, 0.5) is 0 Å². The van der Waals surface area contributed by atoms with Crippen LogP contribution in [0.25, 0.3) is 0 Å². The number of hydrogen-bond acceptors (Lipinski definition) is 4. The van der Waals surface area contributed by atoms with Gasteiger partial charge in [-0.1, -0.05) is 31.5 Å². The number of carbonyl (C=O) groups is 1. The third-order valence-electron chi connectivity index (χ3n) is 5.34. The third-order valence-corrected chi connectivity index (χ3v) is 6.28. The van der Waals surface area contributed by atoms with Gasteiger partial charge in [-0.3, -0.25) is 4.79 Å². The Hall–Kier alpha value is -1.04. The second kappa shape index (κ2) is 6.46. The number of amides is 1. The van der Waals surface area contributed by atoms with Crippen LogP contribution in [0.5, 0.6) is 0 Å². The summed E-state index contributed by atoms with van der Waals surface area (Å²) in [6.07, 6.45) is 9.86. The minimum atomic E-state index is 0.145. The zero-order chi connectivity index (χ0) is 15.8. The predicted molar refractivity (Wildman–Crippen MR) is 90.6 cm³/mol. The Bertz CT molecular complexity index is 579. The molecule has 3 fully saturated rings. The summed E-state index contributed by atoms with van der Waals surface area (Å²) in [4.78, 5) is 12.3. The van der Waals surface area contributed by atoms with E-state index in [1.807, 2.05) is 0 Å². The third kappa shape index (κ3) is 3.57. The highest BCUT2D eigenvalue weighted by atomic mass is 32.2. The summed E-state index contributed by atoms with van der Waals surface area (Å²) in [6, 6.07) is 0.949. The van der Waals surface area contributed by atoms with Crippen molar-refractivity contribution in [3.05, 3.63) is 5.82 Å². The Morgan fingerprint density at radius 2 is 1.96 bits per heavy atom. The topological polar surface area (TPSA) is 59.8 Å². The molecule has 0 aliphatic heterocycles. The lowest BCUT2D eigenvalue weighted by atomic mass is 9.86. The van der Waals surface area contributed by atoms with Crippen molar-refractivity contribution in [3.63, 3.8) is 0 Å². The number of hydrogen-bond donors (Lipinski definition) is 1. The molecule has 3 saturated carbocycles. The lowest BCUT2D eigenvalue weighted by Gasteiger charge is -2.29. The highest BCUT2D eigenvalue weighted by Gasteiger charge is 2.36. The first-order valence-corrected chi connectivity index (χ1v) is 10.1. The second-order valence-electron chi connectivity index (χ2n) is 7.44. The number of rotatable bonds is 6. The normalized spacial score (nSPS) is 27.9. The lowest BCUT2D eigenvalue weighted by molar-refractivity contribution is -0.119. The molecule has 126 valence electrons. The van der Waals surface area contributed by atoms with Crippen LogP contribution >= 0.6 is 11.8 Å². The van der Waals surface area contributed by atoms with Gasteiger partial charge >= 0.3 is 0 Å². The average Bonchev–Trinajstić information content (AvgIpc) is 3.46. The Labute approximate surface area is 142 Å². The zero-order valence-electron chi connectivity index (χ0n) is 13.8. The van der Waals surface area contributed by atoms with Gasteiger partial charge in [0, 0.05) is 18.0 Å². The first kappa shape index (κ1) is 15.5. The maximum absolute atomic E-state index is 12.3. The lowest BCUT2D eigenvalue weighted by Crippen LogP contribution is -2.41. The fourth-order valence-electron chi connectivity index (χ4n) is 3.59. The maximum atomic E-state index is 12.3. The molecule has 1 amide bonds. The number of nitrogens with zero attached hydrogens (tertiary/aromatic N) is 3. The molecule has 3 aliphatic rings. The van der Waals surface area contributed by atoms with Crippen molar-refractivity contribution in [1.29, 1.82) is 0 Å². The van der Waals surface area contributed by atoms with Gasteiger partial charge in [0.15, 0.2) is 5.16 Å². The molecule has 1 heterocycles. The van der Waals surface area contributed by atoms with Crippen molar-refractivity contribution in [2.24, 2.45) is 5.92 Å². The van der Waals surface area contributed by atoms with Gasteiger partial charge in [0.25, 0.3) is 0 Å². The minimum Gasteiger partial charge on any atom is -0.352 e. The quantitative estimate of drug-likeness (QED) is 0.811. The molecule has 1 aromatic heterocycles. The molecule has 0 radical (unpaired) electrons. The molecule has 5 nitrogen and oxygen atoms in total. The van der Waals surface area contributed by atoms with E-state index in [4.69, 9.17) is 0 Å². The summed E-state index contributed by atoms with van der Waals surface area (Å²) in [5, 5.41) is 12.9. The van der Waals surface area contributed by atoms with E-state index in [9.17, 15) is 4.79 Å². The van der Waals surface area contributed by atoms with Crippen molar-refractivity contribution in [1.82, 2.24) is 20.1 Å². The van der Waals surface area contributed by atoms with Crippen LogP contribution in [0.2, 0.25) is 0 Å². The van der Waals surface area contributed by atoms with E-state index in [2.05, 4.69) is 27.0 Å². The molecule has 0 unspecified atom stereocenters. The molecule has 6 heteroatoms. The van der Waals surface area contributed by atoms with Crippen molar-refractivity contribution in [2.45, 2.75) is 81.4 Å². The Morgan fingerprint density at radius 3 is 2.65 bits per heavy atom. The average molecular weight is 334 g/mol. The molecule has 3 aliphatic carbocycles. The summed E-state index contributed by atoms with van der Waals surface area (Å²) in [5.41, 5.74) is 0. The molecule has 0 spiro atoms. The molecule has 2 atom stereocenters. The van der Waals surface area contributed by atoms with Crippen molar-refractivity contribution < 1.29 is 4.79 Å². The maximum Gasteiger partial charge on any atom is 0.230 e. The SMILES string of the molecule is C[C@@H]1CCCC[C@H]1NC(=O)CSc1nnc(C2CC2)n1C1CC1. The molecule has 1 aromatic rings. The standard InChI is InChI=1S/C17H26N4OS/c1-11-4-2-3-5-14(11)18-15(22)10-23-17-20-19-16(12-6-7-12)21(17)13-8-9-13/h11-14H,2-10H2,1H3,(H,18,22)/t11-,14-/m1/s1. The Balaban J connectivity index is 1.34. The van der Waals surface area contributed by atoms with E-state index in [-0.39, 0.29) is 5.91 Å². The summed E-state index contributed by atoms with van der Waals surface area (Å²) in [5.74, 6) is 2.99. The van der Waals surface area contributed by atoms with E-state index in [0.29, 0.717) is 29.7 Å². The molecular formula is C17H26N4OS. The van der Waals surface area contributed by atoms with Crippen LogP contribution in [-0.2, 0) is 4.79 Å². The fraction of sp³-hybridized carbons (Fsp3) is 0.824. The van der Waals surface area contributed by atoms with Crippen LogP contribution < -0.4 is 5.32 Å². The van der Waals surface area contributed by atoms with Crippen LogP contribution in [0.1, 0.15) is 76.1 Å². The smallest absolute Gasteiger partial charge is 0.230 e. The van der Waals surface area contributed by atoms with Crippen molar-refractivity contribution in [3.8, 4) is 0 Å². The summed E-state index contributed by atoms with van der Waals surface area (Å²) >= 11 is 1.56. The monoisotopic (exact) mass is 334 g/mol. The predicted octanol–water partition coefficient (Wildman–Crippen LogP) is 3.28. The van der Waals surface area contributed by atoms with E-state index >= 15 is 0 Å². The van der Waals surface area contributed by atoms with Crippen LogP contribution in [0.15, 0.2) is 5.16 Å². The van der Waals surface area contributed by atoms with Gasteiger partial charge in [-0.05, 0) is 44.4 Å². The van der Waals surface area contributed by atoms with Gasteiger partial charge in [0.2, 0.25) is 5.91 Å². The molecule has 1 N–H and O–H groups in total. The van der Waals surface area contributed by atoms with Gasteiger partial charge in [-0.2, -0.15) is 0 Å². The minimum absolute atomic E-state index is 0.145. The summed E-state index contributed by atoms with van der Waals surface area (Å²) in [7, 11) is 0. The first-order valence-electron chi connectivity index (χ1n) is 9.09. The second-order valence-corrected chi connectivity index (χ2v) is 8.38. The van der Waals surface area contributed by atoms with Gasteiger partial charge < -0.3 is 9.88 Å². The van der Waals surface area contributed by atoms with E-state index in [1.54, 1.807) is 11.8 Å². The van der Waals surface area contributed by atoms with Gasteiger partial charge in [-0.15, -0.1) is 10.2 Å². The molecule has 23 heavy (non-hydrogen) atoms. The van der Waals surface area contributed by atoms with Gasteiger partial charge in [0.05, 0.1) is 5.75 Å². The molecule has 0 bridgehead atoms. The van der Waals surface area contributed by atoms with E-state index in [1.165, 1.54) is 44.9 Å². The highest BCUT2D eigenvalue weighted by Crippen LogP contribution is 2.45. The highest BCUT2D eigenvalue weighted by molar-refractivity contribution is 7.99. The van der Waals surface area contributed by atoms with E-state index in [0.717, 1.165) is 17.4 Å². The number of carbonyl (C=O) groups excluding carboxylic acids is 1. The largest absolute Gasteiger partial charge is 0.352 e. The van der Waals surface area contributed by atoms with Crippen LogP contribution in [0, 0.1) is 5.92 Å². The summed E-state index contributed by atoms with van der Waals surface area (Å²) in [6.45, 7) is 2.25.